The quantitative estimate of drug-likeness (QED) is 0.442. The molecule has 1 aliphatic carbocycles. The highest BCUT2D eigenvalue weighted by atomic mass is 19.4. The molecule has 122 valence electrons. The number of hydrogen-bond acceptors (Lipinski definition) is 3. The first-order valence-corrected chi connectivity index (χ1v) is 7.15. The van der Waals surface area contributed by atoms with E-state index in [2.05, 4.69) is 32.9 Å². The zero-order valence-electron chi connectivity index (χ0n) is 12.5. The highest BCUT2D eigenvalue weighted by molar-refractivity contribution is 5.80. The molecule has 1 aromatic rings. The van der Waals surface area contributed by atoms with Gasteiger partial charge in [0.1, 0.15) is 5.82 Å². The topological polar surface area (TPSA) is 61.3 Å². The molecule has 2 unspecified atom stereocenters. The largest absolute Gasteiger partial charge is 0.419 e. The Bertz CT molecular complexity index is 529. The molecule has 1 aromatic heterocycles. The minimum absolute atomic E-state index is 0.157. The number of nitrogens with zero attached hydrogens (tertiary/aromatic N) is 2. The normalized spacial score (nSPS) is 21.4. The van der Waals surface area contributed by atoms with Gasteiger partial charge in [0, 0.05) is 32.4 Å². The van der Waals surface area contributed by atoms with Crippen molar-refractivity contribution in [3.63, 3.8) is 0 Å². The van der Waals surface area contributed by atoms with Gasteiger partial charge in [-0.3, -0.25) is 4.99 Å². The molecule has 0 radical (unpaired) electrons. The van der Waals surface area contributed by atoms with Gasteiger partial charge in [-0.1, -0.05) is 6.92 Å². The van der Waals surface area contributed by atoms with Gasteiger partial charge in [0.15, 0.2) is 5.96 Å². The molecule has 0 saturated heterocycles. The number of rotatable bonds is 5. The second kappa shape index (κ2) is 6.85. The Hall–Kier alpha value is -1.99. The second-order valence-electron chi connectivity index (χ2n) is 5.29. The summed E-state index contributed by atoms with van der Waals surface area (Å²) in [5, 5.41) is 9.00. The Balaban J connectivity index is 1.79. The van der Waals surface area contributed by atoms with Crippen LogP contribution in [0.25, 0.3) is 0 Å². The molecule has 22 heavy (non-hydrogen) atoms. The summed E-state index contributed by atoms with van der Waals surface area (Å²) in [6.45, 7) is 2.89. The van der Waals surface area contributed by atoms with E-state index < -0.39 is 11.7 Å². The maximum atomic E-state index is 12.8. The van der Waals surface area contributed by atoms with Gasteiger partial charge in [-0.15, -0.1) is 0 Å². The molecule has 5 nitrogen and oxygen atoms in total. The van der Waals surface area contributed by atoms with Gasteiger partial charge in [0.05, 0.1) is 5.56 Å². The number of aliphatic imine (C=N–C) groups is 1. The summed E-state index contributed by atoms with van der Waals surface area (Å²) >= 11 is 0. The third kappa shape index (κ3) is 4.51. The summed E-state index contributed by atoms with van der Waals surface area (Å²) in [6.07, 6.45) is -1.97. The van der Waals surface area contributed by atoms with E-state index in [9.17, 15) is 13.2 Å². The summed E-state index contributed by atoms with van der Waals surface area (Å²) in [5.74, 6) is 1.14. The van der Waals surface area contributed by atoms with Crippen molar-refractivity contribution in [2.75, 3.05) is 25.5 Å². The standard InChI is InChI=1S/C14H20F3N5/c1-9-8-11(9)22-13(18-2)21-7-6-20-12-10(14(15,16)17)4-3-5-19-12/h3-5,9,11H,6-8H2,1-2H3,(H,19,20)(H2,18,21,22). The minimum atomic E-state index is -4.41. The van der Waals surface area contributed by atoms with Gasteiger partial charge in [0.2, 0.25) is 0 Å². The van der Waals surface area contributed by atoms with Crippen LogP contribution in [0.1, 0.15) is 18.9 Å². The molecule has 2 atom stereocenters. The first kappa shape index (κ1) is 16.4. The molecule has 2 rings (SSSR count). The Morgan fingerprint density at radius 2 is 2.14 bits per heavy atom. The number of pyridine rings is 1. The van der Waals surface area contributed by atoms with Gasteiger partial charge in [-0.25, -0.2) is 4.98 Å². The molecule has 0 bridgehead atoms. The SMILES string of the molecule is CN=C(NCCNc1ncccc1C(F)(F)F)NC1CC1C. The van der Waals surface area contributed by atoms with Crippen LogP contribution in [-0.2, 0) is 6.18 Å². The molecule has 0 spiro atoms. The van der Waals surface area contributed by atoms with Crippen molar-refractivity contribution in [2.24, 2.45) is 10.9 Å². The molecule has 1 saturated carbocycles. The molecular formula is C14H20F3N5. The fraction of sp³-hybridized carbons (Fsp3) is 0.571. The smallest absolute Gasteiger partial charge is 0.368 e. The number of halogens is 3. The van der Waals surface area contributed by atoms with Gasteiger partial charge in [-0.05, 0) is 24.5 Å². The minimum Gasteiger partial charge on any atom is -0.368 e. The third-order valence-corrected chi connectivity index (χ3v) is 3.48. The molecule has 1 aliphatic rings. The molecule has 1 heterocycles. The zero-order chi connectivity index (χ0) is 16.2. The lowest BCUT2D eigenvalue weighted by atomic mass is 10.2. The monoisotopic (exact) mass is 315 g/mol. The van der Waals surface area contributed by atoms with E-state index in [4.69, 9.17) is 0 Å². The zero-order valence-corrected chi connectivity index (χ0v) is 12.5. The average Bonchev–Trinajstić information content (AvgIpc) is 3.17. The first-order valence-electron chi connectivity index (χ1n) is 7.15. The number of hydrogen-bond donors (Lipinski definition) is 3. The molecule has 0 aromatic carbocycles. The Morgan fingerprint density at radius 3 is 2.73 bits per heavy atom. The van der Waals surface area contributed by atoms with Crippen molar-refractivity contribution in [3.8, 4) is 0 Å². The second-order valence-corrected chi connectivity index (χ2v) is 5.29. The number of anilines is 1. The number of guanidine groups is 1. The number of aromatic nitrogens is 1. The Morgan fingerprint density at radius 1 is 1.41 bits per heavy atom. The molecule has 0 aliphatic heterocycles. The van der Waals surface area contributed by atoms with Crippen LogP contribution in [0.4, 0.5) is 19.0 Å². The van der Waals surface area contributed by atoms with Crippen molar-refractivity contribution >= 4 is 11.8 Å². The molecule has 1 fully saturated rings. The van der Waals surface area contributed by atoms with E-state index in [1.165, 1.54) is 12.3 Å². The summed E-state index contributed by atoms with van der Waals surface area (Å²) in [5.41, 5.74) is -0.760. The maximum Gasteiger partial charge on any atom is 0.419 e. The summed E-state index contributed by atoms with van der Waals surface area (Å²) in [4.78, 5) is 7.82. The van der Waals surface area contributed by atoms with E-state index in [1.807, 2.05) is 0 Å². The van der Waals surface area contributed by atoms with E-state index in [0.717, 1.165) is 12.5 Å². The number of nitrogens with one attached hydrogen (secondary N) is 3. The van der Waals surface area contributed by atoms with Crippen LogP contribution in [0, 0.1) is 5.92 Å². The summed E-state index contributed by atoms with van der Waals surface area (Å²) < 4.78 is 38.4. The average molecular weight is 315 g/mol. The van der Waals surface area contributed by atoms with Crippen molar-refractivity contribution in [3.05, 3.63) is 23.9 Å². The van der Waals surface area contributed by atoms with Crippen LogP contribution < -0.4 is 16.0 Å². The van der Waals surface area contributed by atoms with Crippen molar-refractivity contribution in [1.82, 2.24) is 15.6 Å². The Labute approximate surface area is 127 Å². The van der Waals surface area contributed by atoms with Crippen LogP contribution >= 0.6 is 0 Å². The van der Waals surface area contributed by atoms with Crippen LogP contribution in [-0.4, -0.2) is 37.1 Å². The van der Waals surface area contributed by atoms with E-state index >= 15 is 0 Å². The lowest BCUT2D eigenvalue weighted by Crippen LogP contribution is -2.41. The van der Waals surface area contributed by atoms with Gasteiger partial charge < -0.3 is 16.0 Å². The lowest BCUT2D eigenvalue weighted by Gasteiger charge is -2.14. The van der Waals surface area contributed by atoms with E-state index in [1.54, 1.807) is 7.05 Å². The highest BCUT2D eigenvalue weighted by Crippen LogP contribution is 2.33. The van der Waals surface area contributed by atoms with Gasteiger partial charge >= 0.3 is 6.18 Å². The number of alkyl halides is 3. The Kier molecular flexibility index (Phi) is 5.10. The van der Waals surface area contributed by atoms with Crippen LogP contribution in [0.3, 0.4) is 0 Å². The van der Waals surface area contributed by atoms with Crippen molar-refractivity contribution < 1.29 is 13.2 Å². The maximum absolute atomic E-state index is 12.8. The fourth-order valence-electron chi connectivity index (χ4n) is 2.03. The summed E-state index contributed by atoms with van der Waals surface area (Å²) in [7, 11) is 1.66. The third-order valence-electron chi connectivity index (χ3n) is 3.48. The van der Waals surface area contributed by atoms with E-state index in [-0.39, 0.29) is 5.82 Å². The molecule has 0 amide bonds. The molecular weight excluding hydrogens is 295 g/mol. The predicted molar refractivity (Wildman–Crippen MR) is 79.8 cm³/mol. The highest BCUT2D eigenvalue weighted by Gasteiger charge is 2.34. The fourth-order valence-corrected chi connectivity index (χ4v) is 2.03. The summed E-state index contributed by atoms with van der Waals surface area (Å²) in [6, 6.07) is 2.72. The van der Waals surface area contributed by atoms with Gasteiger partial charge in [0.25, 0.3) is 0 Å². The molecule has 3 N–H and O–H groups in total. The first-order chi connectivity index (χ1) is 10.4. The van der Waals surface area contributed by atoms with Crippen molar-refractivity contribution in [1.29, 1.82) is 0 Å². The lowest BCUT2D eigenvalue weighted by molar-refractivity contribution is -0.137. The van der Waals surface area contributed by atoms with E-state index in [0.29, 0.717) is 31.0 Å². The van der Waals surface area contributed by atoms with Crippen LogP contribution in [0.2, 0.25) is 0 Å². The molecule has 8 heteroatoms. The van der Waals surface area contributed by atoms with Gasteiger partial charge in [-0.2, -0.15) is 13.2 Å². The predicted octanol–water partition coefficient (Wildman–Crippen LogP) is 2.09. The van der Waals surface area contributed by atoms with Crippen LogP contribution in [0.5, 0.6) is 0 Å². The van der Waals surface area contributed by atoms with Crippen molar-refractivity contribution in [2.45, 2.75) is 25.6 Å². The van der Waals surface area contributed by atoms with Crippen LogP contribution in [0.15, 0.2) is 23.3 Å².